The third-order valence-corrected chi connectivity index (χ3v) is 3.36. The van der Waals surface area contributed by atoms with Gasteiger partial charge in [0.25, 0.3) is 0 Å². The van der Waals surface area contributed by atoms with Crippen LogP contribution in [-0.4, -0.2) is 9.91 Å². The minimum atomic E-state index is -0.846. The van der Waals surface area contributed by atoms with E-state index >= 15 is 0 Å². The van der Waals surface area contributed by atoms with Crippen LogP contribution in [0.15, 0.2) is 29.9 Å². The molecule has 1 atom stereocenters. The Morgan fingerprint density at radius 1 is 1.56 bits per heavy atom. The van der Waals surface area contributed by atoms with Gasteiger partial charge in [0.15, 0.2) is 0 Å². The number of halogens is 1. The van der Waals surface area contributed by atoms with Crippen LogP contribution in [0.5, 0.6) is 0 Å². The number of hydrogen-bond donors (Lipinski definition) is 1. The molecule has 1 heterocycles. The Labute approximate surface area is 106 Å². The second kappa shape index (κ2) is 5.09. The van der Waals surface area contributed by atoms with E-state index in [9.17, 15) is 14.5 Å². The minimum absolute atomic E-state index is 0.0293. The summed E-state index contributed by atoms with van der Waals surface area (Å²) in [4.78, 5) is 14.7. The van der Waals surface area contributed by atoms with Crippen LogP contribution in [0.25, 0.3) is 0 Å². The summed E-state index contributed by atoms with van der Waals surface area (Å²) in [5.41, 5.74) is 1.69. The van der Waals surface area contributed by atoms with Crippen LogP contribution in [0, 0.1) is 15.9 Å². The van der Waals surface area contributed by atoms with Crippen LogP contribution in [0.2, 0.25) is 0 Å². The highest BCUT2D eigenvalue weighted by Crippen LogP contribution is 2.25. The molecule has 0 bridgehead atoms. The first-order valence-corrected chi connectivity index (χ1v) is 6.05. The van der Waals surface area contributed by atoms with Gasteiger partial charge < -0.3 is 5.32 Å². The van der Waals surface area contributed by atoms with Crippen LogP contribution < -0.4 is 5.32 Å². The molecule has 0 fully saturated rings. The number of benzene rings is 1. The first kappa shape index (κ1) is 12.4. The molecular weight excluding hydrogens is 257 g/mol. The Morgan fingerprint density at radius 3 is 2.89 bits per heavy atom. The molecule has 0 radical (unpaired) electrons. The second-order valence-electron chi connectivity index (χ2n) is 3.69. The van der Waals surface area contributed by atoms with Crippen molar-refractivity contribution in [2.75, 3.05) is 5.32 Å². The molecule has 1 aromatic heterocycles. The van der Waals surface area contributed by atoms with Crippen molar-refractivity contribution in [1.29, 1.82) is 0 Å². The molecule has 1 N–H and O–H groups in total. The van der Waals surface area contributed by atoms with Gasteiger partial charge in [-0.1, -0.05) is 0 Å². The summed E-state index contributed by atoms with van der Waals surface area (Å²) in [6, 6.07) is 3.73. The smallest absolute Gasteiger partial charge is 0.304 e. The van der Waals surface area contributed by atoms with E-state index < -0.39 is 16.4 Å². The van der Waals surface area contributed by atoms with Crippen molar-refractivity contribution in [3.05, 3.63) is 50.7 Å². The highest BCUT2D eigenvalue weighted by atomic mass is 32.1. The van der Waals surface area contributed by atoms with Gasteiger partial charge in [0.05, 0.1) is 16.5 Å². The summed E-state index contributed by atoms with van der Waals surface area (Å²) in [6.07, 6.45) is 1.73. The topological polar surface area (TPSA) is 68.1 Å². The van der Waals surface area contributed by atoms with Crippen LogP contribution in [0.4, 0.5) is 15.8 Å². The number of hydrogen-bond acceptors (Lipinski definition) is 5. The van der Waals surface area contributed by atoms with Crippen molar-refractivity contribution < 1.29 is 9.31 Å². The second-order valence-corrected chi connectivity index (χ2v) is 4.61. The number of nitrogens with one attached hydrogen (secondary N) is 1. The van der Waals surface area contributed by atoms with Crippen molar-refractivity contribution in [2.45, 2.75) is 13.0 Å². The molecule has 0 saturated heterocycles. The zero-order valence-corrected chi connectivity index (χ0v) is 10.3. The van der Waals surface area contributed by atoms with Crippen molar-refractivity contribution in [1.82, 2.24) is 4.98 Å². The summed E-state index contributed by atoms with van der Waals surface area (Å²) < 4.78 is 13.4. The number of nitrogens with zero attached hydrogens (tertiary/aromatic N) is 2. The molecule has 7 heteroatoms. The quantitative estimate of drug-likeness (QED) is 0.681. The molecular formula is C11H10FN3O2S. The van der Waals surface area contributed by atoms with E-state index in [0.717, 1.165) is 17.0 Å². The van der Waals surface area contributed by atoms with Gasteiger partial charge in [-0.25, -0.2) is 0 Å². The van der Waals surface area contributed by atoms with Crippen LogP contribution in [0.3, 0.4) is 0 Å². The lowest BCUT2D eigenvalue weighted by molar-refractivity contribution is -0.387. The van der Waals surface area contributed by atoms with E-state index in [0.29, 0.717) is 5.69 Å². The van der Waals surface area contributed by atoms with Gasteiger partial charge in [-0.2, -0.15) is 4.39 Å². The van der Waals surface area contributed by atoms with Gasteiger partial charge in [-0.15, -0.1) is 11.3 Å². The maximum Gasteiger partial charge on any atom is 0.304 e. The predicted molar refractivity (Wildman–Crippen MR) is 67.2 cm³/mol. The number of rotatable bonds is 4. The minimum Gasteiger partial charge on any atom is -0.378 e. The molecule has 0 aliphatic rings. The van der Waals surface area contributed by atoms with Crippen molar-refractivity contribution >= 4 is 22.7 Å². The van der Waals surface area contributed by atoms with Gasteiger partial charge in [0.1, 0.15) is 0 Å². The zero-order chi connectivity index (χ0) is 13.1. The van der Waals surface area contributed by atoms with Crippen LogP contribution in [0.1, 0.15) is 17.8 Å². The van der Waals surface area contributed by atoms with Gasteiger partial charge in [-0.05, 0) is 13.0 Å². The Hall–Kier alpha value is -2.02. The van der Waals surface area contributed by atoms with Gasteiger partial charge in [0, 0.05) is 28.9 Å². The summed E-state index contributed by atoms with van der Waals surface area (Å²) in [5.74, 6) is -0.846. The van der Waals surface area contributed by atoms with E-state index in [4.69, 9.17) is 0 Å². The van der Waals surface area contributed by atoms with Crippen molar-refractivity contribution in [3.8, 4) is 0 Å². The molecule has 1 unspecified atom stereocenters. The van der Waals surface area contributed by atoms with E-state index in [1.807, 2.05) is 6.92 Å². The molecule has 1 aromatic carbocycles. The van der Waals surface area contributed by atoms with E-state index in [1.165, 1.54) is 17.4 Å². The summed E-state index contributed by atoms with van der Waals surface area (Å²) >= 11 is 1.49. The highest BCUT2D eigenvalue weighted by molar-refractivity contribution is 7.09. The predicted octanol–water partition coefficient (Wildman–Crippen LogP) is 3.36. The number of aromatic nitrogens is 1. The normalized spacial score (nSPS) is 12.1. The van der Waals surface area contributed by atoms with Gasteiger partial charge in [-0.3, -0.25) is 15.1 Å². The molecule has 0 aliphatic heterocycles. The Morgan fingerprint density at radius 2 is 2.33 bits per heavy atom. The molecule has 5 nitrogen and oxygen atoms in total. The van der Waals surface area contributed by atoms with Crippen molar-refractivity contribution in [3.63, 3.8) is 0 Å². The Bertz CT molecular complexity index is 559. The van der Waals surface area contributed by atoms with Gasteiger partial charge >= 0.3 is 5.69 Å². The molecule has 0 amide bonds. The fraction of sp³-hybridized carbons (Fsp3) is 0.182. The number of anilines is 1. The average molecular weight is 267 g/mol. The van der Waals surface area contributed by atoms with Crippen LogP contribution in [-0.2, 0) is 0 Å². The Kier molecular flexibility index (Phi) is 3.52. The largest absolute Gasteiger partial charge is 0.378 e. The zero-order valence-electron chi connectivity index (χ0n) is 9.46. The van der Waals surface area contributed by atoms with Crippen LogP contribution >= 0.6 is 11.3 Å². The lowest BCUT2D eigenvalue weighted by Crippen LogP contribution is -2.05. The molecule has 18 heavy (non-hydrogen) atoms. The standard InChI is InChI=1S/C11H10FN3O2S/c1-7(11-5-13-6-18-11)14-8-2-3-10(15(16)17)9(12)4-8/h2-7,14H,1H3. The SMILES string of the molecule is CC(Nc1ccc([N+](=O)[O-])c(F)c1)c1cncs1. The van der Waals surface area contributed by atoms with E-state index in [1.54, 1.807) is 11.7 Å². The molecule has 2 rings (SSSR count). The number of thiazole rings is 1. The van der Waals surface area contributed by atoms with E-state index in [2.05, 4.69) is 10.3 Å². The molecule has 0 spiro atoms. The molecule has 94 valence electrons. The monoisotopic (exact) mass is 267 g/mol. The number of nitro benzene ring substituents is 1. The lowest BCUT2D eigenvalue weighted by Gasteiger charge is -2.13. The third kappa shape index (κ3) is 2.62. The Balaban J connectivity index is 2.15. The first-order valence-electron chi connectivity index (χ1n) is 5.17. The highest BCUT2D eigenvalue weighted by Gasteiger charge is 2.15. The maximum absolute atomic E-state index is 13.4. The first-order chi connectivity index (χ1) is 8.58. The summed E-state index contributed by atoms with van der Waals surface area (Å²) in [7, 11) is 0. The van der Waals surface area contributed by atoms with E-state index in [-0.39, 0.29) is 6.04 Å². The van der Waals surface area contributed by atoms with Crippen molar-refractivity contribution in [2.24, 2.45) is 0 Å². The molecule has 0 aliphatic carbocycles. The lowest BCUT2D eigenvalue weighted by atomic mass is 10.2. The summed E-state index contributed by atoms with van der Waals surface area (Å²) in [6.45, 7) is 1.91. The summed E-state index contributed by atoms with van der Waals surface area (Å²) in [5, 5.41) is 13.5. The number of nitro groups is 1. The third-order valence-electron chi connectivity index (χ3n) is 2.41. The average Bonchev–Trinajstić information content (AvgIpc) is 2.81. The molecule has 2 aromatic rings. The fourth-order valence-corrected chi connectivity index (χ4v) is 2.13. The molecule has 0 saturated carbocycles. The van der Waals surface area contributed by atoms with Gasteiger partial charge in [0.2, 0.25) is 5.82 Å². The fourth-order valence-electron chi connectivity index (χ4n) is 1.51. The maximum atomic E-state index is 13.4.